The van der Waals surface area contributed by atoms with Crippen molar-refractivity contribution in [3.05, 3.63) is 144 Å². The second kappa shape index (κ2) is 47.9. The summed E-state index contributed by atoms with van der Waals surface area (Å²) in [6, 6.07) is 20.3. The number of esters is 4. The lowest BCUT2D eigenvalue weighted by Gasteiger charge is -2.35. The third-order valence-electron chi connectivity index (χ3n) is 25.2. The molecule has 14 atom stereocenters. The fourth-order valence-electron chi connectivity index (χ4n) is 17.5. The number of aliphatic carboxylic acids is 1. The molecule has 6 aliphatic heterocycles. The Balaban J connectivity index is 0.000000206. The van der Waals surface area contributed by atoms with Gasteiger partial charge in [0.05, 0.1) is 33.0 Å². The predicted molar refractivity (Wildman–Crippen MR) is 483 cm³/mol. The highest BCUT2D eigenvalue weighted by molar-refractivity contribution is 6.57. The van der Waals surface area contributed by atoms with Crippen LogP contribution in [0.25, 0.3) is 0 Å². The van der Waals surface area contributed by atoms with E-state index in [9.17, 15) is 82.5 Å². The number of methoxy groups -OCH3 is 1. The lowest BCUT2D eigenvalue weighted by Crippen LogP contribution is -2.61. The van der Waals surface area contributed by atoms with Gasteiger partial charge in [0.1, 0.15) is 53.6 Å². The third-order valence-corrected chi connectivity index (χ3v) is 25.2. The minimum Gasteiger partial charge on any atom is -0.480 e. The molecule has 2 radical (unpaired) electrons. The fraction of sp³-hybridized carbons (Fsp3) is 0.589. The number of amides is 7. The summed E-state index contributed by atoms with van der Waals surface area (Å²) in [5.41, 5.74) is 9.38. The van der Waals surface area contributed by atoms with Crippen LogP contribution in [0.4, 0.5) is 19.2 Å². The van der Waals surface area contributed by atoms with E-state index in [4.69, 9.17) is 46.7 Å². The number of aliphatic imine (C=N–C) groups is 1. The summed E-state index contributed by atoms with van der Waals surface area (Å²) >= 11 is 0. The molecule has 3 saturated heterocycles. The van der Waals surface area contributed by atoms with Crippen LogP contribution < -0.4 is 27.0 Å². The molecule has 6 heterocycles. The zero-order chi connectivity index (χ0) is 95.7. The Kier molecular flexibility index (Phi) is 38.6. The fourth-order valence-corrected chi connectivity index (χ4v) is 17.5. The van der Waals surface area contributed by atoms with E-state index in [2.05, 4.69) is 64.2 Å². The van der Waals surface area contributed by atoms with E-state index in [0.717, 1.165) is 68.1 Å². The molecule has 4 saturated carbocycles. The molecular formula is C90H128B4N12O24. The molecule has 704 valence electrons. The molecule has 4 aliphatic carbocycles. The molecule has 10 aliphatic rings. The smallest absolute Gasteiger partial charge is 0.410 e. The first kappa shape index (κ1) is 105. The molecule has 0 bridgehead atoms. The van der Waals surface area contributed by atoms with Crippen LogP contribution in [0.3, 0.4) is 0 Å². The largest absolute Gasteiger partial charge is 0.480 e. The molecule has 130 heavy (non-hydrogen) atoms. The van der Waals surface area contributed by atoms with E-state index in [1.54, 1.807) is 84.0 Å². The normalized spacial score (nSPS) is 25.3. The van der Waals surface area contributed by atoms with E-state index in [1.807, 2.05) is 75.4 Å². The molecule has 0 spiro atoms. The molecule has 36 nitrogen and oxygen atoms in total. The van der Waals surface area contributed by atoms with Crippen molar-refractivity contribution in [2.24, 2.45) is 39.8 Å². The second-order valence-corrected chi connectivity index (χ2v) is 35.2. The average Bonchev–Trinajstić information content (AvgIpc) is 1.63. The third kappa shape index (κ3) is 27.5. The first-order chi connectivity index (χ1) is 61.7. The number of carbonyl (C=O) groups excluding carboxylic acids is 12. The van der Waals surface area contributed by atoms with Crippen LogP contribution in [0.1, 0.15) is 146 Å². The zero-order valence-corrected chi connectivity index (χ0v) is 76.6. The summed E-state index contributed by atoms with van der Waals surface area (Å²) in [6.45, 7) is 31.1. The van der Waals surface area contributed by atoms with Crippen LogP contribution in [0.5, 0.6) is 0 Å². The summed E-state index contributed by atoms with van der Waals surface area (Å²) in [6.07, 6.45) is 13.1. The number of nitrogens with zero attached hydrogens (tertiary/aromatic N) is 7. The SMILES string of the molecule is C=CC1CC1(N)C(=O)OCC.C=CC1CC1(N=C=O)C(=O)OCC.CB(O)N1C[C@@H](OC(=O)N2CCc3ccccc3C2)C[C@H]1C(=O)O.CNC(=O)[C@@H](NC(=O)[C@@H](NC(=O)[C@@H]1C[C@H](OC(=O)N2CCc3ccccc3C2)CN1B(C)O)C(C)(C)C)C1CCCCC1.COC(=O)[C@@H]1C[C@H](OC(=O)N2CCc3ccccc3C2)CN1B(C)O.[B]C(=O)NC1(C(=O)OCC)CC1C=C. The Labute approximate surface area is 763 Å². The van der Waals surface area contributed by atoms with Crippen LogP contribution in [0, 0.1) is 29.1 Å². The van der Waals surface area contributed by atoms with Crippen molar-refractivity contribution in [3.8, 4) is 0 Å². The Morgan fingerprint density at radius 3 is 1.35 bits per heavy atom. The van der Waals surface area contributed by atoms with Gasteiger partial charge in [0, 0.05) is 103 Å². The van der Waals surface area contributed by atoms with Crippen molar-refractivity contribution < 1.29 is 116 Å². The summed E-state index contributed by atoms with van der Waals surface area (Å²) in [5.74, 6) is -4.45. The summed E-state index contributed by atoms with van der Waals surface area (Å²) in [5, 5.41) is 50.2. The second-order valence-electron chi connectivity index (χ2n) is 35.2. The Bertz CT molecular complexity index is 4550. The van der Waals surface area contributed by atoms with Gasteiger partial charge in [-0.25, -0.2) is 28.8 Å². The number of ether oxygens (including phenoxy) is 7. The molecule has 3 aromatic rings. The van der Waals surface area contributed by atoms with Crippen molar-refractivity contribution >= 4 is 107 Å². The Morgan fingerprint density at radius 1 is 0.577 bits per heavy atom. The van der Waals surface area contributed by atoms with Gasteiger partial charge in [0.15, 0.2) is 11.3 Å². The number of carboxylic acids is 1. The average molecular weight is 1810 g/mol. The summed E-state index contributed by atoms with van der Waals surface area (Å²) < 4.78 is 36.1. The topological polar surface area (TPSA) is 473 Å². The van der Waals surface area contributed by atoms with Gasteiger partial charge in [-0.05, 0) is 137 Å². The minimum atomic E-state index is -1.01. The summed E-state index contributed by atoms with van der Waals surface area (Å²) in [7, 11) is 5.18. The Hall–Kier alpha value is -10.7. The van der Waals surface area contributed by atoms with Crippen LogP contribution in [0.15, 0.2) is 116 Å². The number of benzene rings is 3. The van der Waals surface area contributed by atoms with Gasteiger partial charge in [0.25, 0.3) is 0 Å². The zero-order valence-electron chi connectivity index (χ0n) is 76.6. The molecule has 6 unspecified atom stereocenters. The highest BCUT2D eigenvalue weighted by Crippen LogP contribution is 2.49. The van der Waals surface area contributed by atoms with Gasteiger partial charge in [-0.3, -0.25) is 33.6 Å². The van der Waals surface area contributed by atoms with Crippen molar-refractivity contribution in [1.29, 1.82) is 0 Å². The van der Waals surface area contributed by atoms with Gasteiger partial charge < -0.3 is 109 Å². The summed E-state index contributed by atoms with van der Waals surface area (Å²) in [4.78, 5) is 169. The van der Waals surface area contributed by atoms with Gasteiger partial charge >= 0.3 is 69.3 Å². The van der Waals surface area contributed by atoms with Crippen molar-refractivity contribution in [2.75, 3.05) is 73.2 Å². The van der Waals surface area contributed by atoms with Crippen molar-refractivity contribution in [2.45, 2.75) is 237 Å². The van der Waals surface area contributed by atoms with Crippen LogP contribution >= 0.6 is 0 Å². The molecule has 3 aromatic carbocycles. The van der Waals surface area contributed by atoms with Crippen molar-refractivity contribution in [3.63, 3.8) is 0 Å². The van der Waals surface area contributed by atoms with Crippen molar-refractivity contribution in [1.82, 2.24) is 50.4 Å². The molecular weight excluding hydrogens is 1680 g/mol. The number of hydrogen-bond acceptors (Lipinski definition) is 28. The number of fused-ring (bicyclic) bond motifs is 3. The first-order valence-electron chi connectivity index (χ1n) is 44.6. The number of rotatable bonds is 25. The van der Waals surface area contributed by atoms with Gasteiger partial charge in [-0.1, -0.05) is 131 Å². The predicted octanol–water partition coefficient (Wildman–Crippen LogP) is 5.46. The lowest BCUT2D eigenvalue weighted by atomic mass is 9.82. The van der Waals surface area contributed by atoms with Crippen LogP contribution in [0.2, 0.25) is 20.5 Å². The van der Waals surface area contributed by atoms with E-state index >= 15 is 0 Å². The number of nitrogens with two attached hydrogens (primary N) is 1. The number of nitrogens with one attached hydrogen (secondary N) is 4. The molecule has 13 rings (SSSR count). The number of isocyanates is 1. The quantitative estimate of drug-likeness (QED) is 0.0127. The number of carbonyl (C=O) groups is 12. The monoisotopic (exact) mass is 1800 g/mol. The number of likely N-dealkylation sites (N-methyl/N-ethyl adjacent to an activating group) is 1. The number of carboxylic acid groups (broad SMARTS) is 1. The molecule has 0 aromatic heterocycles. The van der Waals surface area contributed by atoms with Gasteiger partial charge in [0.2, 0.25) is 31.6 Å². The van der Waals surface area contributed by atoms with Gasteiger partial charge in [-0.15, -0.1) is 19.7 Å². The lowest BCUT2D eigenvalue weighted by molar-refractivity contribution is -0.147. The first-order valence-corrected chi connectivity index (χ1v) is 44.6. The maximum atomic E-state index is 13.7. The minimum absolute atomic E-state index is 0.0401. The highest BCUT2D eigenvalue weighted by atomic mass is 16.6. The van der Waals surface area contributed by atoms with E-state index < -0.39 is 145 Å². The maximum absolute atomic E-state index is 13.7. The maximum Gasteiger partial charge on any atom is 0.410 e. The van der Waals surface area contributed by atoms with Gasteiger partial charge in [-0.2, -0.15) is 4.99 Å². The molecule has 10 N–H and O–H groups in total. The molecule has 40 heteroatoms. The standard InChI is InChI=1S/C31H48BN5O6.C17H23BN2O5.C16H21BN2O5.C9H12BNO3.C9H11NO3.C8H13NO2/c1-31(2,3)26(29(40)34-25(28(39)33-5)21-12-7-6-8-13-21)35-27(38)24-17-23(19-37(24)32(4)42)43-30(41)36-16-15-20-11-9-10-14-22(20)18-36;1-18(23)20-11-14(9-15(20)16(21)24-2)25-17(22)19-8-7-12-5-3-4-6-13(12)10-19;1-17(23)19-10-13(8-14(19)15(20)21)24-16(22)18-7-6-11-4-2-3-5-12(11)9-18;1-3-6-5-9(6,11-8(10)13)7(12)14-4-2;1-3-7-5-9(7,10-6-11)8(12)13-4-2;1-3-6-5-8(6,9)7(10)11-4-2/h9-11,14,21,23-26,42H,6-8,12-13,15-19H2,1-5H3,(H,33,39)(H,34,40)(H,35,38);3-6,14-15,23H,7-11H2,1-2H3;2-5,13-14,23H,6-10H2,1H3,(H,20,21);3,6H,1,4-5H2,2H3,(H,11,13);3,7H,1,4-5H2,2H3;3,6H,1,4-5,9H2,2H3/t23-,24-,25-,26+;14-,15-;13-,14-;;;/m000.../s1. The van der Waals surface area contributed by atoms with Crippen LogP contribution in [-0.2, 0) is 115 Å². The highest BCUT2D eigenvalue weighted by Gasteiger charge is 2.62. The van der Waals surface area contributed by atoms with Crippen LogP contribution in [-0.4, -0.2) is 294 Å². The van der Waals surface area contributed by atoms with E-state index in [1.165, 1.54) is 41.5 Å². The molecule has 7 fully saturated rings. The Morgan fingerprint density at radius 2 is 0.985 bits per heavy atom. The van der Waals surface area contributed by atoms with E-state index in [0.29, 0.717) is 84.7 Å². The molecule has 7 amide bonds. The van der Waals surface area contributed by atoms with E-state index in [-0.39, 0.29) is 74.2 Å². The number of hydrogen-bond donors (Lipinski definition) is 9.